The average molecular weight is 404 g/mol. The number of hydrogen-bond acceptors (Lipinski definition) is 4. The molecule has 2 aromatic heterocycles. The van der Waals surface area contributed by atoms with Gasteiger partial charge < -0.3 is 10.1 Å². The lowest BCUT2D eigenvalue weighted by molar-refractivity contribution is 0.0941. The van der Waals surface area contributed by atoms with Crippen LogP contribution in [0.1, 0.15) is 16.9 Å². The molecular formula is C23H21FN4O2. The molecule has 0 atom stereocenters. The Morgan fingerprint density at radius 1 is 1.03 bits per heavy atom. The number of ether oxygens (including phenoxy) is 1. The Labute approximate surface area is 173 Å². The Morgan fingerprint density at radius 2 is 1.77 bits per heavy atom. The van der Waals surface area contributed by atoms with Crippen LogP contribution in [0.3, 0.4) is 0 Å². The van der Waals surface area contributed by atoms with Crippen LogP contribution in [0.2, 0.25) is 0 Å². The molecule has 0 aliphatic heterocycles. The summed E-state index contributed by atoms with van der Waals surface area (Å²) in [6.45, 7) is 1.04. The molecule has 0 saturated heterocycles. The highest BCUT2D eigenvalue weighted by molar-refractivity contribution is 5.94. The Bertz CT molecular complexity index is 1160. The summed E-state index contributed by atoms with van der Waals surface area (Å²) in [6.07, 6.45) is 0.704. The molecule has 0 fully saturated rings. The van der Waals surface area contributed by atoms with Gasteiger partial charge in [0.2, 0.25) is 0 Å². The number of carbonyl (C=O) groups is 1. The van der Waals surface area contributed by atoms with Crippen molar-refractivity contribution in [3.05, 3.63) is 78.2 Å². The van der Waals surface area contributed by atoms with Crippen LogP contribution < -0.4 is 5.32 Å². The topological polar surface area (TPSA) is 68.5 Å². The van der Waals surface area contributed by atoms with E-state index in [-0.39, 0.29) is 11.7 Å². The molecule has 6 nitrogen and oxygen atoms in total. The van der Waals surface area contributed by atoms with Crippen LogP contribution >= 0.6 is 0 Å². The smallest absolute Gasteiger partial charge is 0.270 e. The van der Waals surface area contributed by atoms with Crippen LogP contribution in [0, 0.1) is 5.82 Å². The van der Waals surface area contributed by atoms with E-state index in [0.29, 0.717) is 42.3 Å². The summed E-state index contributed by atoms with van der Waals surface area (Å²) in [5.74, 6) is -0.587. The summed E-state index contributed by atoms with van der Waals surface area (Å²) in [4.78, 5) is 17.6. The molecule has 30 heavy (non-hydrogen) atoms. The lowest BCUT2D eigenvalue weighted by Crippen LogP contribution is -2.27. The van der Waals surface area contributed by atoms with Gasteiger partial charge in [0.05, 0.1) is 11.4 Å². The number of rotatable bonds is 7. The van der Waals surface area contributed by atoms with Crippen molar-refractivity contribution in [3.8, 4) is 22.5 Å². The molecule has 1 N–H and O–H groups in total. The van der Waals surface area contributed by atoms with Gasteiger partial charge in [0, 0.05) is 37.5 Å². The largest absolute Gasteiger partial charge is 0.385 e. The molecule has 0 saturated carbocycles. The lowest BCUT2D eigenvalue weighted by Gasteiger charge is -2.09. The number of amides is 1. The van der Waals surface area contributed by atoms with Gasteiger partial charge >= 0.3 is 0 Å². The minimum Gasteiger partial charge on any atom is -0.385 e. The van der Waals surface area contributed by atoms with Gasteiger partial charge in [0.25, 0.3) is 5.91 Å². The number of nitrogens with one attached hydrogen (secondary N) is 1. The van der Waals surface area contributed by atoms with Gasteiger partial charge in [0.15, 0.2) is 5.65 Å². The predicted octanol–water partition coefficient (Wildman–Crippen LogP) is 3.97. The minimum atomic E-state index is -0.327. The SMILES string of the molecule is COCCCNC(=O)c1cc(-c2ccc(F)cc2)nc2cc(-c3ccccc3)nn12. The van der Waals surface area contributed by atoms with Crippen molar-refractivity contribution < 1.29 is 13.9 Å². The summed E-state index contributed by atoms with van der Waals surface area (Å²) in [6, 6.07) is 19.2. The first-order valence-corrected chi connectivity index (χ1v) is 9.65. The predicted molar refractivity (Wildman–Crippen MR) is 113 cm³/mol. The number of methoxy groups -OCH3 is 1. The fourth-order valence-corrected chi connectivity index (χ4v) is 3.16. The number of carbonyl (C=O) groups excluding carboxylic acids is 1. The number of fused-ring (bicyclic) bond motifs is 1. The number of halogens is 1. The maximum absolute atomic E-state index is 13.3. The average Bonchev–Trinajstić information content (AvgIpc) is 3.21. The van der Waals surface area contributed by atoms with E-state index in [1.54, 1.807) is 29.8 Å². The molecule has 2 aromatic carbocycles. The van der Waals surface area contributed by atoms with E-state index in [2.05, 4.69) is 15.4 Å². The first-order valence-electron chi connectivity index (χ1n) is 9.65. The summed E-state index contributed by atoms with van der Waals surface area (Å²) in [5.41, 5.74) is 3.83. The highest BCUT2D eigenvalue weighted by Gasteiger charge is 2.17. The van der Waals surface area contributed by atoms with E-state index < -0.39 is 0 Å². The minimum absolute atomic E-state index is 0.260. The first kappa shape index (κ1) is 19.7. The van der Waals surface area contributed by atoms with E-state index in [9.17, 15) is 9.18 Å². The fourth-order valence-electron chi connectivity index (χ4n) is 3.16. The van der Waals surface area contributed by atoms with Gasteiger partial charge in [-0.1, -0.05) is 30.3 Å². The molecule has 0 bridgehead atoms. The van der Waals surface area contributed by atoms with Crippen molar-refractivity contribution in [2.75, 3.05) is 20.3 Å². The van der Waals surface area contributed by atoms with Crippen LogP contribution in [-0.4, -0.2) is 40.8 Å². The Morgan fingerprint density at radius 3 is 2.50 bits per heavy atom. The molecule has 152 valence electrons. The third-order valence-corrected chi connectivity index (χ3v) is 4.68. The van der Waals surface area contributed by atoms with Gasteiger partial charge in [-0.2, -0.15) is 5.10 Å². The molecule has 7 heteroatoms. The summed E-state index contributed by atoms with van der Waals surface area (Å²) >= 11 is 0. The molecule has 4 rings (SSSR count). The second-order valence-corrected chi connectivity index (χ2v) is 6.80. The van der Waals surface area contributed by atoms with Gasteiger partial charge in [-0.3, -0.25) is 4.79 Å². The molecule has 0 aliphatic carbocycles. The molecule has 1 amide bonds. The zero-order valence-electron chi connectivity index (χ0n) is 16.5. The van der Waals surface area contributed by atoms with Crippen molar-refractivity contribution in [1.82, 2.24) is 19.9 Å². The van der Waals surface area contributed by atoms with Crippen molar-refractivity contribution in [1.29, 1.82) is 0 Å². The van der Waals surface area contributed by atoms with E-state index >= 15 is 0 Å². The maximum Gasteiger partial charge on any atom is 0.270 e. The number of aromatic nitrogens is 3. The summed E-state index contributed by atoms with van der Waals surface area (Å²) in [5, 5.41) is 7.50. The Kier molecular flexibility index (Phi) is 5.81. The normalized spacial score (nSPS) is 11.0. The number of hydrogen-bond donors (Lipinski definition) is 1. The molecule has 0 spiro atoms. The van der Waals surface area contributed by atoms with Crippen LogP contribution in [-0.2, 0) is 4.74 Å². The first-order chi connectivity index (χ1) is 14.7. The van der Waals surface area contributed by atoms with Gasteiger partial charge in [-0.05, 0) is 36.8 Å². The summed E-state index contributed by atoms with van der Waals surface area (Å²) < 4.78 is 19.9. The Balaban J connectivity index is 1.78. The van der Waals surface area contributed by atoms with Gasteiger partial charge in [0.1, 0.15) is 11.5 Å². The highest BCUT2D eigenvalue weighted by atomic mass is 19.1. The van der Waals surface area contributed by atoms with Crippen molar-refractivity contribution in [2.45, 2.75) is 6.42 Å². The molecule has 4 aromatic rings. The van der Waals surface area contributed by atoms with E-state index in [4.69, 9.17) is 4.74 Å². The van der Waals surface area contributed by atoms with Gasteiger partial charge in [-0.25, -0.2) is 13.9 Å². The van der Waals surface area contributed by atoms with Gasteiger partial charge in [-0.15, -0.1) is 0 Å². The number of nitrogens with zero attached hydrogens (tertiary/aromatic N) is 3. The monoisotopic (exact) mass is 404 g/mol. The maximum atomic E-state index is 13.3. The molecular weight excluding hydrogens is 383 g/mol. The quantitative estimate of drug-likeness (QED) is 0.473. The second kappa shape index (κ2) is 8.84. The van der Waals surface area contributed by atoms with Crippen LogP contribution in [0.4, 0.5) is 4.39 Å². The second-order valence-electron chi connectivity index (χ2n) is 6.80. The standard InChI is InChI=1S/C23H21FN4O2/c1-30-13-5-12-25-23(29)21-14-19(17-8-10-18(24)11-9-17)26-22-15-20(27-28(21)22)16-6-3-2-4-7-16/h2-4,6-11,14-15H,5,12-13H2,1H3,(H,25,29). The van der Waals surface area contributed by atoms with Crippen molar-refractivity contribution in [2.24, 2.45) is 0 Å². The fraction of sp³-hybridized carbons (Fsp3) is 0.174. The molecule has 0 unspecified atom stereocenters. The van der Waals surface area contributed by atoms with Crippen molar-refractivity contribution >= 4 is 11.6 Å². The van der Waals surface area contributed by atoms with E-state index in [1.165, 1.54) is 12.1 Å². The molecule has 0 radical (unpaired) electrons. The van der Waals surface area contributed by atoms with Crippen LogP contribution in [0.25, 0.3) is 28.2 Å². The van der Waals surface area contributed by atoms with Crippen LogP contribution in [0.5, 0.6) is 0 Å². The summed E-state index contributed by atoms with van der Waals surface area (Å²) in [7, 11) is 1.62. The van der Waals surface area contributed by atoms with Crippen molar-refractivity contribution in [3.63, 3.8) is 0 Å². The zero-order chi connectivity index (χ0) is 20.9. The molecule has 2 heterocycles. The van der Waals surface area contributed by atoms with E-state index in [0.717, 1.165) is 11.1 Å². The highest BCUT2D eigenvalue weighted by Crippen LogP contribution is 2.24. The zero-order valence-corrected chi connectivity index (χ0v) is 16.5. The Hall–Kier alpha value is -3.58. The number of benzene rings is 2. The van der Waals surface area contributed by atoms with Crippen LogP contribution in [0.15, 0.2) is 66.7 Å². The molecule has 0 aliphatic rings. The third kappa shape index (κ3) is 4.21. The third-order valence-electron chi connectivity index (χ3n) is 4.68. The van der Waals surface area contributed by atoms with E-state index in [1.807, 2.05) is 36.4 Å². The lowest BCUT2D eigenvalue weighted by atomic mass is 10.1.